The fourth-order valence-corrected chi connectivity index (χ4v) is 8.56. The van der Waals surface area contributed by atoms with Crippen molar-refractivity contribution in [1.82, 2.24) is 31.2 Å². The minimum Gasteiger partial charge on any atom is -0.379 e. The van der Waals surface area contributed by atoms with E-state index in [1.165, 1.54) is 5.06 Å². The van der Waals surface area contributed by atoms with Crippen LogP contribution in [0.15, 0.2) is 30.3 Å². The van der Waals surface area contributed by atoms with Gasteiger partial charge in [-0.1, -0.05) is 85.2 Å². The lowest BCUT2D eigenvalue weighted by Crippen LogP contribution is -2.61. The fraction of sp³-hybridized carbons (Fsp3) is 0.750. The molecular formula is C44H74N6O8. The van der Waals surface area contributed by atoms with Crippen molar-refractivity contribution in [3.8, 4) is 0 Å². The average molecular weight is 815 g/mol. The van der Waals surface area contributed by atoms with E-state index in [0.717, 1.165) is 24.8 Å². The van der Waals surface area contributed by atoms with Crippen LogP contribution in [0.25, 0.3) is 0 Å². The summed E-state index contributed by atoms with van der Waals surface area (Å²) in [6.07, 6.45) is 2.72. The number of hydrogen-bond donors (Lipinski definition) is 4. The first-order valence-corrected chi connectivity index (χ1v) is 21.3. The lowest BCUT2D eigenvalue weighted by atomic mass is 9.88. The molecule has 1 aromatic rings. The van der Waals surface area contributed by atoms with Crippen LogP contribution in [0.4, 0.5) is 0 Å². The molecule has 328 valence electrons. The number of carbonyl (C=O) groups is 5. The molecule has 14 heteroatoms. The van der Waals surface area contributed by atoms with Crippen LogP contribution in [0, 0.1) is 23.7 Å². The molecule has 2 heterocycles. The van der Waals surface area contributed by atoms with Crippen LogP contribution in [-0.4, -0.2) is 129 Å². The molecule has 3 rings (SSSR count). The Morgan fingerprint density at radius 2 is 1.60 bits per heavy atom. The first-order valence-electron chi connectivity index (χ1n) is 21.3. The van der Waals surface area contributed by atoms with Gasteiger partial charge in [-0.3, -0.25) is 28.8 Å². The molecule has 0 aromatic heterocycles. The highest BCUT2D eigenvalue weighted by atomic mass is 16.7. The van der Waals surface area contributed by atoms with Gasteiger partial charge in [0, 0.05) is 46.7 Å². The highest BCUT2D eigenvalue weighted by Gasteiger charge is 2.45. The molecule has 10 atom stereocenters. The van der Waals surface area contributed by atoms with Crippen LogP contribution < -0.4 is 21.3 Å². The van der Waals surface area contributed by atoms with Crippen molar-refractivity contribution in [3.05, 3.63) is 35.9 Å². The Balaban J connectivity index is 1.74. The predicted octanol–water partition coefficient (Wildman–Crippen LogP) is 3.66. The van der Waals surface area contributed by atoms with E-state index < -0.39 is 47.8 Å². The van der Waals surface area contributed by atoms with Gasteiger partial charge in [-0.2, -0.15) is 0 Å². The van der Waals surface area contributed by atoms with E-state index in [-0.39, 0.29) is 66.0 Å². The predicted molar refractivity (Wildman–Crippen MR) is 224 cm³/mol. The van der Waals surface area contributed by atoms with Gasteiger partial charge in [-0.15, -0.1) is 0 Å². The topological polar surface area (TPSA) is 168 Å². The van der Waals surface area contributed by atoms with E-state index in [4.69, 9.17) is 14.3 Å². The SMILES string of the molecule is CC[C@H](C)[C@@H]([C@@H](CC(=O)C1CC[C@@H]([C@H](OC)[C@@H](C)C(=O)N[C@@](C)(Cc2ccccc2)C(=O)N2CCCCO2)N1)OC)N(C)C(=O)[C@@H](NC(=O)[C@@H](NC)C(C)C)C(C)C. The Bertz CT molecular complexity index is 1490. The molecule has 0 saturated carbocycles. The number of hydroxylamine groups is 2. The number of ether oxygens (including phenoxy) is 2. The molecule has 4 amide bonds. The van der Waals surface area contributed by atoms with Gasteiger partial charge in [0.15, 0.2) is 5.78 Å². The third-order valence-electron chi connectivity index (χ3n) is 12.2. The van der Waals surface area contributed by atoms with Crippen LogP contribution in [0.3, 0.4) is 0 Å². The Morgan fingerprint density at radius 3 is 2.14 bits per heavy atom. The number of amides is 4. The molecule has 0 radical (unpaired) electrons. The first kappa shape index (κ1) is 48.9. The number of hydrogen-bond acceptors (Lipinski definition) is 10. The summed E-state index contributed by atoms with van der Waals surface area (Å²) in [5, 5.41) is 13.9. The van der Waals surface area contributed by atoms with Gasteiger partial charge in [0.05, 0.1) is 42.9 Å². The Morgan fingerprint density at radius 1 is 0.948 bits per heavy atom. The quantitative estimate of drug-likeness (QED) is 0.136. The van der Waals surface area contributed by atoms with E-state index in [1.54, 1.807) is 47.1 Å². The van der Waals surface area contributed by atoms with Crippen molar-refractivity contribution in [2.75, 3.05) is 41.5 Å². The van der Waals surface area contributed by atoms with E-state index in [9.17, 15) is 24.0 Å². The molecule has 1 unspecified atom stereocenters. The molecule has 2 fully saturated rings. The highest BCUT2D eigenvalue weighted by molar-refractivity contribution is 5.92. The largest absolute Gasteiger partial charge is 0.379 e. The molecule has 2 aliphatic heterocycles. The van der Waals surface area contributed by atoms with Crippen LogP contribution in [0.2, 0.25) is 0 Å². The maximum Gasteiger partial charge on any atom is 0.271 e. The number of likely N-dealkylation sites (N-methyl/N-ethyl adjacent to an activating group) is 2. The number of carbonyl (C=O) groups excluding carboxylic acids is 5. The standard InChI is InChI=1S/C44H74N6O8/c1-13-29(6)38(49(10)42(54)37(28(4)5)47-41(53)36(45-9)27(2)3)35(56-11)25-34(51)32-21-22-33(46-32)39(57-12)30(7)40(52)48-44(8,26-31-19-15-14-16-20-31)43(55)50-23-17-18-24-58-50/h14-16,19-20,27-30,32-33,35-39,45-46H,13,17-18,21-26H2,1-12H3,(H,47,53)(H,48,52)/t29-,30+,32?,33-,35+,36-,37-,38-,39+,44-/m0/s1. The number of benzene rings is 1. The number of nitrogens with one attached hydrogen (secondary N) is 4. The van der Waals surface area contributed by atoms with Crippen LogP contribution >= 0.6 is 0 Å². The lowest BCUT2D eigenvalue weighted by Gasteiger charge is -2.40. The zero-order chi connectivity index (χ0) is 43.3. The number of ketones is 1. The summed E-state index contributed by atoms with van der Waals surface area (Å²) in [7, 11) is 6.58. The van der Waals surface area contributed by atoms with E-state index in [2.05, 4.69) is 21.3 Å². The van der Waals surface area contributed by atoms with Crippen molar-refractivity contribution in [1.29, 1.82) is 0 Å². The molecular weight excluding hydrogens is 741 g/mol. The normalized spacial score (nSPS) is 21.9. The summed E-state index contributed by atoms with van der Waals surface area (Å²) in [6, 6.07) is 7.12. The maximum absolute atomic E-state index is 14.2. The molecule has 0 bridgehead atoms. The van der Waals surface area contributed by atoms with Gasteiger partial charge in [-0.05, 0) is 63.0 Å². The fourth-order valence-electron chi connectivity index (χ4n) is 8.56. The molecule has 0 aliphatic carbocycles. The van der Waals surface area contributed by atoms with Crippen molar-refractivity contribution < 1.29 is 38.3 Å². The molecule has 2 saturated heterocycles. The minimum absolute atomic E-state index is 0.0154. The van der Waals surface area contributed by atoms with Crippen molar-refractivity contribution in [2.24, 2.45) is 23.7 Å². The Kier molecular flexibility index (Phi) is 19.2. The van der Waals surface area contributed by atoms with Crippen molar-refractivity contribution in [3.63, 3.8) is 0 Å². The third-order valence-corrected chi connectivity index (χ3v) is 12.2. The molecule has 14 nitrogen and oxygen atoms in total. The smallest absolute Gasteiger partial charge is 0.271 e. The second kappa shape index (κ2) is 22.8. The monoisotopic (exact) mass is 815 g/mol. The molecule has 1 aromatic carbocycles. The van der Waals surface area contributed by atoms with E-state index in [1.807, 2.05) is 71.9 Å². The summed E-state index contributed by atoms with van der Waals surface area (Å²) in [4.78, 5) is 76.7. The number of nitrogens with zero attached hydrogens (tertiary/aromatic N) is 2. The zero-order valence-corrected chi connectivity index (χ0v) is 37.3. The zero-order valence-electron chi connectivity index (χ0n) is 37.3. The van der Waals surface area contributed by atoms with Gasteiger partial charge in [0.1, 0.15) is 11.6 Å². The van der Waals surface area contributed by atoms with Crippen LogP contribution in [0.5, 0.6) is 0 Å². The number of methoxy groups -OCH3 is 2. The third kappa shape index (κ3) is 12.5. The van der Waals surface area contributed by atoms with Crippen LogP contribution in [-0.2, 0) is 44.7 Å². The van der Waals surface area contributed by atoms with Crippen molar-refractivity contribution in [2.45, 2.75) is 148 Å². The Labute approximate surface area is 347 Å². The highest BCUT2D eigenvalue weighted by Crippen LogP contribution is 2.28. The van der Waals surface area contributed by atoms with Gasteiger partial charge in [-0.25, -0.2) is 5.06 Å². The van der Waals surface area contributed by atoms with E-state index in [0.29, 0.717) is 26.0 Å². The average Bonchev–Trinajstić information content (AvgIpc) is 3.69. The molecule has 0 spiro atoms. The summed E-state index contributed by atoms with van der Waals surface area (Å²) in [5.41, 5.74) is -0.370. The first-order chi connectivity index (χ1) is 27.4. The van der Waals surface area contributed by atoms with Gasteiger partial charge in [0.25, 0.3) is 5.91 Å². The van der Waals surface area contributed by atoms with Gasteiger partial charge < -0.3 is 35.6 Å². The summed E-state index contributed by atoms with van der Waals surface area (Å²) in [6.45, 7) is 16.2. The minimum atomic E-state index is -1.27. The summed E-state index contributed by atoms with van der Waals surface area (Å²) >= 11 is 0. The molecule has 58 heavy (non-hydrogen) atoms. The second-order valence-corrected chi connectivity index (χ2v) is 17.3. The van der Waals surface area contributed by atoms with Gasteiger partial charge >= 0.3 is 0 Å². The summed E-state index contributed by atoms with van der Waals surface area (Å²) < 4.78 is 12.0. The summed E-state index contributed by atoms with van der Waals surface area (Å²) in [5.74, 6) is -1.99. The van der Waals surface area contributed by atoms with E-state index >= 15 is 0 Å². The Hall–Kier alpha value is -3.43. The van der Waals surface area contributed by atoms with Crippen molar-refractivity contribution >= 4 is 29.4 Å². The molecule has 4 N–H and O–H groups in total. The molecule has 2 aliphatic rings. The maximum atomic E-state index is 14.2. The number of rotatable bonds is 22. The number of Topliss-reactive ketones (excluding diaryl/α,β-unsaturated/α-hetero) is 1. The van der Waals surface area contributed by atoms with Crippen LogP contribution in [0.1, 0.15) is 99.5 Å². The van der Waals surface area contributed by atoms with Gasteiger partial charge in [0.2, 0.25) is 17.7 Å². The lowest BCUT2D eigenvalue weighted by molar-refractivity contribution is -0.203. The second-order valence-electron chi connectivity index (χ2n) is 17.3.